The summed E-state index contributed by atoms with van der Waals surface area (Å²) in [6.45, 7) is 2.20. The average molecular weight is 230 g/mol. The van der Waals surface area contributed by atoms with Crippen LogP contribution in [-0.4, -0.2) is 36.1 Å². The molecule has 1 amide bonds. The van der Waals surface area contributed by atoms with Gasteiger partial charge in [0.1, 0.15) is 6.04 Å². The van der Waals surface area contributed by atoms with E-state index in [1.165, 1.54) is 0 Å². The molecular formula is C10H16NO5. The van der Waals surface area contributed by atoms with Gasteiger partial charge in [-0.25, -0.2) is 9.59 Å². The molecule has 1 atom stereocenters. The van der Waals surface area contributed by atoms with Gasteiger partial charge in [0.15, 0.2) is 6.29 Å². The molecule has 0 aliphatic rings. The lowest BCUT2D eigenvalue weighted by Crippen LogP contribution is -2.41. The lowest BCUT2D eigenvalue weighted by atomic mass is 10.2. The fraction of sp³-hybridized carbons (Fsp3) is 0.700. The number of carboxylic acid groups (broad SMARTS) is 1. The minimum atomic E-state index is -1.19. The van der Waals surface area contributed by atoms with E-state index in [0.717, 1.165) is 12.8 Å². The van der Waals surface area contributed by atoms with Crippen LogP contribution in [0, 0.1) is 0 Å². The first-order chi connectivity index (χ1) is 7.61. The minimum absolute atomic E-state index is 0.0156. The molecule has 6 nitrogen and oxygen atoms in total. The Balaban J connectivity index is 3.93. The van der Waals surface area contributed by atoms with E-state index in [4.69, 9.17) is 9.84 Å². The van der Waals surface area contributed by atoms with Crippen LogP contribution in [0.15, 0.2) is 0 Å². The van der Waals surface area contributed by atoms with E-state index >= 15 is 0 Å². The van der Waals surface area contributed by atoms with Crippen molar-refractivity contribution in [3.05, 3.63) is 0 Å². The fourth-order valence-electron chi connectivity index (χ4n) is 0.954. The van der Waals surface area contributed by atoms with Gasteiger partial charge < -0.3 is 15.2 Å². The van der Waals surface area contributed by atoms with Gasteiger partial charge in [-0.15, -0.1) is 0 Å². The molecule has 0 heterocycles. The molecule has 0 aliphatic heterocycles. The quantitative estimate of drug-likeness (QED) is 0.603. The number of carbonyl (C=O) groups excluding carboxylic acids is 2. The Morgan fingerprint density at radius 3 is 2.69 bits per heavy atom. The highest BCUT2D eigenvalue weighted by Gasteiger charge is 2.19. The van der Waals surface area contributed by atoms with Gasteiger partial charge in [-0.1, -0.05) is 13.3 Å². The molecule has 0 bridgehead atoms. The molecule has 1 radical (unpaired) electrons. The highest BCUT2D eigenvalue weighted by molar-refractivity contribution is 5.80. The summed E-state index contributed by atoms with van der Waals surface area (Å²) >= 11 is 0. The van der Waals surface area contributed by atoms with E-state index in [9.17, 15) is 14.4 Å². The molecule has 2 N–H and O–H groups in total. The first-order valence-corrected chi connectivity index (χ1v) is 5.13. The SMILES string of the molecule is CCCCOC(=O)N[C@@H](CC[C]=O)C(=O)O. The molecule has 16 heavy (non-hydrogen) atoms. The lowest BCUT2D eigenvalue weighted by molar-refractivity contribution is -0.139. The van der Waals surface area contributed by atoms with Crippen molar-refractivity contribution in [3.8, 4) is 0 Å². The topological polar surface area (TPSA) is 92.7 Å². The van der Waals surface area contributed by atoms with Crippen LogP contribution in [0.1, 0.15) is 32.6 Å². The Hall–Kier alpha value is -1.59. The molecule has 0 aromatic heterocycles. The summed E-state index contributed by atoms with van der Waals surface area (Å²) in [4.78, 5) is 31.7. The number of alkyl carbamates (subject to hydrolysis) is 1. The molecule has 0 spiro atoms. The van der Waals surface area contributed by atoms with Crippen molar-refractivity contribution in [1.29, 1.82) is 0 Å². The summed E-state index contributed by atoms with van der Waals surface area (Å²) in [6, 6.07) is -1.10. The zero-order valence-corrected chi connectivity index (χ0v) is 9.19. The molecule has 6 heteroatoms. The van der Waals surface area contributed by atoms with Crippen LogP contribution < -0.4 is 5.32 Å². The predicted molar refractivity (Wildman–Crippen MR) is 55.7 cm³/mol. The van der Waals surface area contributed by atoms with Crippen molar-refractivity contribution < 1.29 is 24.2 Å². The number of aliphatic carboxylic acids is 1. The fourth-order valence-corrected chi connectivity index (χ4v) is 0.954. The second-order valence-electron chi connectivity index (χ2n) is 3.21. The number of carbonyl (C=O) groups is 2. The number of ether oxygens (including phenoxy) is 1. The summed E-state index contributed by atoms with van der Waals surface area (Å²) < 4.78 is 4.73. The first kappa shape index (κ1) is 14.4. The average Bonchev–Trinajstić information content (AvgIpc) is 2.24. The first-order valence-electron chi connectivity index (χ1n) is 5.13. The van der Waals surface area contributed by atoms with Crippen LogP contribution in [0.3, 0.4) is 0 Å². The van der Waals surface area contributed by atoms with E-state index in [1.807, 2.05) is 6.92 Å². The van der Waals surface area contributed by atoms with E-state index in [0.29, 0.717) is 0 Å². The van der Waals surface area contributed by atoms with Crippen molar-refractivity contribution in [2.75, 3.05) is 6.61 Å². The van der Waals surface area contributed by atoms with Gasteiger partial charge in [-0.05, 0) is 12.8 Å². The van der Waals surface area contributed by atoms with E-state index < -0.39 is 18.1 Å². The van der Waals surface area contributed by atoms with E-state index in [1.54, 1.807) is 6.29 Å². The van der Waals surface area contributed by atoms with E-state index in [2.05, 4.69) is 5.32 Å². The monoisotopic (exact) mass is 230 g/mol. The highest BCUT2D eigenvalue weighted by Crippen LogP contribution is 1.97. The van der Waals surface area contributed by atoms with Crippen LogP contribution in [0.25, 0.3) is 0 Å². The standard InChI is InChI=1S/C10H16NO5/c1-2-3-7-16-10(15)11-8(9(13)14)5-4-6-12/h8H,2-5,7H2,1H3,(H,11,15)(H,13,14)/t8-/m0/s1. The van der Waals surface area contributed by atoms with Gasteiger partial charge in [0.05, 0.1) is 6.61 Å². The minimum Gasteiger partial charge on any atom is -0.480 e. The van der Waals surface area contributed by atoms with Crippen LogP contribution in [-0.2, 0) is 14.3 Å². The number of rotatable bonds is 8. The molecule has 0 saturated heterocycles. The van der Waals surface area contributed by atoms with Gasteiger partial charge in [0.25, 0.3) is 0 Å². The Morgan fingerprint density at radius 2 is 2.19 bits per heavy atom. The van der Waals surface area contributed by atoms with Crippen LogP contribution >= 0.6 is 0 Å². The number of hydrogen-bond donors (Lipinski definition) is 2. The third kappa shape index (κ3) is 6.80. The number of nitrogens with one attached hydrogen (secondary N) is 1. The zero-order chi connectivity index (χ0) is 12.4. The normalized spacial score (nSPS) is 11.6. The number of amides is 1. The van der Waals surface area contributed by atoms with Crippen molar-refractivity contribution >= 4 is 18.3 Å². The van der Waals surface area contributed by atoms with E-state index in [-0.39, 0.29) is 19.4 Å². The molecule has 0 saturated carbocycles. The van der Waals surface area contributed by atoms with Crippen molar-refractivity contribution in [1.82, 2.24) is 5.32 Å². The molecule has 0 aliphatic carbocycles. The molecular weight excluding hydrogens is 214 g/mol. The Morgan fingerprint density at radius 1 is 1.50 bits per heavy atom. The highest BCUT2D eigenvalue weighted by atomic mass is 16.5. The Kier molecular flexibility index (Phi) is 7.83. The van der Waals surface area contributed by atoms with Gasteiger partial charge in [0.2, 0.25) is 0 Å². The summed E-state index contributed by atoms with van der Waals surface area (Å²) in [5, 5.41) is 10.9. The molecule has 0 fully saturated rings. The van der Waals surface area contributed by atoms with Gasteiger partial charge in [-0.3, -0.25) is 4.79 Å². The largest absolute Gasteiger partial charge is 0.480 e. The second kappa shape index (κ2) is 8.70. The second-order valence-corrected chi connectivity index (χ2v) is 3.21. The van der Waals surface area contributed by atoms with Crippen LogP contribution in [0.4, 0.5) is 4.79 Å². The van der Waals surface area contributed by atoms with Crippen molar-refractivity contribution in [3.63, 3.8) is 0 Å². The van der Waals surface area contributed by atoms with Gasteiger partial charge in [0, 0.05) is 6.42 Å². The zero-order valence-electron chi connectivity index (χ0n) is 9.19. The maximum atomic E-state index is 11.1. The van der Waals surface area contributed by atoms with Crippen LogP contribution in [0.2, 0.25) is 0 Å². The predicted octanol–water partition coefficient (Wildman–Crippen LogP) is 0.856. The molecule has 0 rings (SSSR count). The smallest absolute Gasteiger partial charge is 0.407 e. The maximum Gasteiger partial charge on any atom is 0.407 e. The summed E-state index contributed by atoms with van der Waals surface area (Å²) in [5.74, 6) is -1.19. The van der Waals surface area contributed by atoms with Gasteiger partial charge in [-0.2, -0.15) is 0 Å². The number of unbranched alkanes of at least 4 members (excludes halogenated alkanes) is 1. The summed E-state index contributed by atoms with van der Waals surface area (Å²) in [5.41, 5.74) is 0. The number of hydrogen-bond acceptors (Lipinski definition) is 4. The Labute approximate surface area is 94.0 Å². The molecule has 0 unspecified atom stereocenters. The molecule has 0 aromatic rings. The molecule has 91 valence electrons. The van der Waals surface area contributed by atoms with Gasteiger partial charge >= 0.3 is 12.1 Å². The van der Waals surface area contributed by atoms with Crippen molar-refractivity contribution in [2.24, 2.45) is 0 Å². The third-order valence-corrected chi connectivity index (χ3v) is 1.86. The number of carboxylic acids is 1. The maximum absolute atomic E-state index is 11.1. The summed E-state index contributed by atoms with van der Waals surface area (Å²) in [6.07, 6.45) is 2.40. The molecule has 0 aromatic carbocycles. The third-order valence-electron chi connectivity index (χ3n) is 1.86. The van der Waals surface area contributed by atoms with Crippen LogP contribution in [0.5, 0.6) is 0 Å². The Bertz CT molecular complexity index is 241. The van der Waals surface area contributed by atoms with Crippen molar-refractivity contribution in [2.45, 2.75) is 38.6 Å². The lowest BCUT2D eigenvalue weighted by Gasteiger charge is -2.12. The summed E-state index contributed by atoms with van der Waals surface area (Å²) in [7, 11) is 0.